The van der Waals surface area contributed by atoms with E-state index in [0.29, 0.717) is 5.82 Å². The third-order valence-electron chi connectivity index (χ3n) is 2.42. The third-order valence-corrected chi connectivity index (χ3v) is 2.98. The molecule has 0 atom stereocenters. The van der Waals surface area contributed by atoms with E-state index in [1.54, 1.807) is 24.0 Å². The van der Waals surface area contributed by atoms with Crippen molar-refractivity contribution in [3.8, 4) is 0 Å². The van der Waals surface area contributed by atoms with Crippen molar-refractivity contribution in [1.82, 2.24) is 19.6 Å². The highest BCUT2D eigenvalue weighted by atomic mass is 79.9. The Morgan fingerprint density at radius 3 is 2.85 bits per heavy atom. The third kappa shape index (κ3) is 3.41. The minimum absolute atomic E-state index is 0.141. The number of hydrogen-bond acceptors (Lipinski definition) is 5. The first kappa shape index (κ1) is 14.2. The van der Waals surface area contributed by atoms with Crippen molar-refractivity contribution in [2.24, 2.45) is 7.05 Å². The number of halogens is 1. The van der Waals surface area contributed by atoms with Crippen molar-refractivity contribution in [1.29, 1.82) is 0 Å². The van der Waals surface area contributed by atoms with E-state index in [1.165, 1.54) is 10.9 Å². The number of hydrogen-bond donors (Lipinski definition) is 1. The molecule has 0 aromatic carbocycles. The second-order valence-corrected chi connectivity index (χ2v) is 4.85. The fourth-order valence-electron chi connectivity index (χ4n) is 1.53. The summed E-state index contributed by atoms with van der Waals surface area (Å²) in [4.78, 5) is 21.7. The van der Waals surface area contributed by atoms with Crippen LogP contribution < -0.4 is 5.32 Å². The molecule has 0 saturated carbocycles. The van der Waals surface area contributed by atoms with E-state index >= 15 is 0 Å². The molecule has 0 saturated heterocycles. The van der Waals surface area contributed by atoms with Gasteiger partial charge < -0.3 is 15.4 Å². The molecule has 2 heterocycles. The second-order valence-electron chi connectivity index (χ2n) is 3.99. The van der Waals surface area contributed by atoms with Crippen LogP contribution >= 0.6 is 15.9 Å². The molecule has 0 aliphatic carbocycles. The summed E-state index contributed by atoms with van der Waals surface area (Å²) in [6.45, 7) is 0.241. The Morgan fingerprint density at radius 1 is 1.55 bits per heavy atom. The molecular weight excluding hydrogens is 332 g/mol. The zero-order valence-electron chi connectivity index (χ0n) is 10.5. The molecule has 0 spiro atoms. The average molecular weight is 343 g/mol. The van der Waals surface area contributed by atoms with E-state index in [1.807, 2.05) is 0 Å². The van der Waals surface area contributed by atoms with Gasteiger partial charge in [-0.15, -0.1) is 0 Å². The predicted molar refractivity (Wildman–Crippen MR) is 73.0 cm³/mol. The number of nitrogens with zero attached hydrogens (tertiary/aromatic N) is 5. The van der Waals surface area contributed by atoms with Crippen LogP contribution in [0.3, 0.4) is 0 Å². The van der Waals surface area contributed by atoms with E-state index in [2.05, 4.69) is 31.4 Å². The van der Waals surface area contributed by atoms with Gasteiger partial charge in [-0.2, -0.15) is 9.78 Å². The summed E-state index contributed by atoms with van der Waals surface area (Å²) in [6, 6.07) is 1.67. The normalized spacial score (nSPS) is 10.5. The highest BCUT2D eigenvalue weighted by Crippen LogP contribution is 2.22. The Kier molecular flexibility index (Phi) is 4.13. The van der Waals surface area contributed by atoms with E-state index < -0.39 is 4.92 Å². The van der Waals surface area contributed by atoms with Crippen LogP contribution in [0.25, 0.3) is 0 Å². The van der Waals surface area contributed by atoms with Crippen molar-refractivity contribution in [3.63, 3.8) is 0 Å². The van der Waals surface area contributed by atoms with Gasteiger partial charge >= 0.3 is 5.82 Å². The first-order valence-electron chi connectivity index (χ1n) is 5.62. The quantitative estimate of drug-likeness (QED) is 0.651. The lowest BCUT2D eigenvalue weighted by molar-refractivity contribution is -0.390. The molecule has 1 amide bonds. The maximum atomic E-state index is 11.7. The smallest absolute Gasteiger partial charge is 0.358 e. The van der Waals surface area contributed by atoms with Gasteiger partial charge in [-0.1, -0.05) is 0 Å². The van der Waals surface area contributed by atoms with Gasteiger partial charge in [0.15, 0.2) is 5.82 Å². The lowest BCUT2D eigenvalue weighted by Gasteiger charge is -2.00. The number of amides is 1. The Morgan fingerprint density at radius 2 is 2.30 bits per heavy atom. The predicted octanol–water partition coefficient (Wildman–Crippen LogP) is 1.32. The summed E-state index contributed by atoms with van der Waals surface area (Å²) in [7, 11) is 1.75. The van der Waals surface area contributed by atoms with Crippen LogP contribution in [-0.2, 0) is 18.4 Å². The highest BCUT2D eigenvalue weighted by Gasteiger charge is 2.18. The number of aryl methyl sites for hydroxylation is 2. The van der Waals surface area contributed by atoms with Crippen molar-refractivity contribution >= 4 is 33.5 Å². The fourth-order valence-corrected chi connectivity index (χ4v) is 1.99. The number of anilines is 1. The van der Waals surface area contributed by atoms with Crippen LogP contribution in [0.5, 0.6) is 0 Å². The Labute approximate surface area is 121 Å². The first-order chi connectivity index (χ1) is 9.45. The Balaban J connectivity index is 1.90. The van der Waals surface area contributed by atoms with Gasteiger partial charge in [0.25, 0.3) is 0 Å². The van der Waals surface area contributed by atoms with Crippen molar-refractivity contribution in [3.05, 3.63) is 33.0 Å². The molecule has 0 unspecified atom stereocenters. The van der Waals surface area contributed by atoms with Gasteiger partial charge in [-0.25, -0.2) is 0 Å². The zero-order valence-corrected chi connectivity index (χ0v) is 12.1. The van der Waals surface area contributed by atoms with Crippen LogP contribution in [-0.4, -0.2) is 30.4 Å². The lowest BCUT2D eigenvalue weighted by Crippen LogP contribution is -2.15. The maximum absolute atomic E-state index is 11.7. The summed E-state index contributed by atoms with van der Waals surface area (Å²) in [5, 5.41) is 21.0. The number of nitro groups is 1. The number of rotatable bonds is 5. The molecule has 2 aromatic rings. The second kappa shape index (κ2) is 5.82. The zero-order chi connectivity index (χ0) is 14.7. The van der Waals surface area contributed by atoms with Crippen LogP contribution in [0.2, 0.25) is 0 Å². The van der Waals surface area contributed by atoms with Crippen LogP contribution in [0.1, 0.15) is 6.42 Å². The molecule has 106 valence electrons. The molecule has 0 radical (unpaired) electrons. The molecule has 1 N–H and O–H groups in total. The summed E-state index contributed by atoms with van der Waals surface area (Å²) in [6.07, 6.45) is 3.32. The van der Waals surface area contributed by atoms with Gasteiger partial charge in [0, 0.05) is 25.7 Å². The van der Waals surface area contributed by atoms with E-state index in [-0.39, 0.29) is 29.2 Å². The molecule has 2 rings (SSSR count). The summed E-state index contributed by atoms with van der Waals surface area (Å²) in [5.41, 5.74) is 0. The van der Waals surface area contributed by atoms with Gasteiger partial charge in [0.2, 0.25) is 5.91 Å². The summed E-state index contributed by atoms with van der Waals surface area (Å²) in [5.74, 6) is -0.0433. The summed E-state index contributed by atoms with van der Waals surface area (Å²) < 4.78 is 3.21. The number of nitrogens with one attached hydrogen (secondary N) is 1. The first-order valence-corrected chi connectivity index (χ1v) is 6.42. The van der Waals surface area contributed by atoms with Crippen LogP contribution in [0.15, 0.2) is 22.9 Å². The summed E-state index contributed by atoms with van der Waals surface area (Å²) >= 11 is 3.04. The number of aromatic nitrogens is 4. The van der Waals surface area contributed by atoms with Gasteiger partial charge in [0.1, 0.15) is 4.47 Å². The molecule has 0 fully saturated rings. The number of carbonyl (C=O) groups excluding carboxylic acids is 1. The molecule has 0 aliphatic rings. The maximum Gasteiger partial charge on any atom is 0.404 e. The standard InChI is InChI=1S/C10H11BrN6O3/c1-15-4-2-8(13-15)12-9(18)3-5-16-6-7(11)10(14-16)17(19)20/h2,4,6H,3,5H2,1H3,(H,12,13,18). The van der Waals surface area contributed by atoms with Crippen molar-refractivity contribution in [2.75, 3.05) is 5.32 Å². The van der Waals surface area contributed by atoms with Crippen molar-refractivity contribution < 1.29 is 9.72 Å². The van der Waals surface area contributed by atoms with Crippen LogP contribution in [0, 0.1) is 10.1 Å². The minimum atomic E-state index is -0.589. The number of carbonyl (C=O) groups is 1. The molecule has 10 heteroatoms. The SMILES string of the molecule is Cn1ccc(NC(=O)CCn2cc(Br)c([N+](=O)[O-])n2)n1. The van der Waals surface area contributed by atoms with E-state index in [0.717, 1.165) is 0 Å². The molecular formula is C10H11BrN6O3. The van der Waals surface area contributed by atoms with Gasteiger partial charge in [-0.3, -0.25) is 9.48 Å². The highest BCUT2D eigenvalue weighted by molar-refractivity contribution is 9.10. The lowest BCUT2D eigenvalue weighted by atomic mass is 10.4. The topological polar surface area (TPSA) is 108 Å². The minimum Gasteiger partial charge on any atom is -0.358 e. The largest absolute Gasteiger partial charge is 0.404 e. The van der Waals surface area contributed by atoms with Crippen LogP contribution in [0.4, 0.5) is 11.6 Å². The van der Waals surface area contributed by atoms with E-state index in [9.17, 15) is 14.9 Å². The van der Waals surface area contributed by atoms with Crippen molar-refractivity contribution in [2.45, 2.75) is 13.0 Å². The molecule has 0 bridgehead atoms. The van der Waals surface area contributed by atoms with E-state index in [4.69, 9.17) is 0 Å². The monoisotopic (exact) mass is 342 g/mol. The fraction of sp³-hybridized carbons (Fsp3) is 0.300. The molecule has 20 heavy (non-hydrogen) atoms. The van der Waals surface area contributed by atoms with Gasteiger partial charge in [0.05, 0.1) is 17.8 Å². The average Bonchev–Trinajstić information content (AvgIpc) is 2.93. The Bertz CT molecular complexity index is 649. The Hall–Kier alpha value is -2.23. The molecule has 9 nitrogen and oxygen atoms in total. The molecule has 2 aromatic heterocycles. The molecule has 0 aliphatic heterocycles. The van der Waals surface area contributed by atoms with Gasteiger partial charge in [-0.05, 0) is 20.9 Å².